The molecule has 1 aromatic rings. The Morgan fingerprint density at radius 2 is 2.00 bits per heavy atom. The van der Waals surface area contributed by atoms with Crippen molar-refractivity contribution in [1.29, 1.82) is 0 Å². The van der Waals surface area contributed by atoms with Gasteiger partial charge >= 0.3 is 17.4 Å². The highest BCUT2D eigenvalue weighted by Gasteiger charge is 2.54. The number of amides is 2. The predicted molar refractivity (Wildman–Crippen MR) is 105 cm³/mol. The van der Waals surface area contributed by atoms with Crippen molar-refractivity contribution < 1.29 is 47.0 Å². The molecule has 0 spiro atoms. The van der Waals surface area contributed by atoms with Gasteiger partial charge in [-0.05, 0) is 17.3 Å². The van der Waals surface area contributed by atoms with Gasteiger partial charge in [-0.3, -0.25) is 19.3 Å². The number of hydrogen-bond donors (Lipinski definition) is 3. The Labute approximate surface area is 189 Å². The number of carbonyl (C=O) groups excluding carboxylic acids is 2. The minimum atomic E-state index is -4.59. The van der Waals surface area contributed by atoms with Gasteiger partial charge in [0.05, 0.1) is 5.75 Å². The van der Waals surface area contributed by atoms with E-state index in [4.69, 9.17) is 9.52 Å². The summed E-state index contributed by atoms with van der Waals surface area (Å²) in [5.41, 5.74) is -4.52. The summed E-state index contributed by atoms with van der Waals surface area (Å²) in [6.45, 7) is 0. The number of β-lactam (4-membered cyclic amide) rings is 1. The summed E-state index contributed by atoms with van der Waals surface area (Å²) in [6, 6.07) is -1.13. The van der Waals surface area contributed by atoms with Crippen LogP contribution in [-0.2, 0) is 25.6 Å². The highest BCUT2D eigenvalue weighted by Crippen LogP contribution is 2.41. The van der Waals surface area contributed by atoms with Crippen LogP contribution in [0, 0.1) is 0 Å². The third kappa shape index (κ3) is 5.69. The Hall–Kier alpha value is -2.40. The van der Waals surface area contributed by atoms with E-state index in [2.05, 4.69) is 15.5 Å². The van der Waals surface area contributed by atoms with Gasteiger partial charge in [0.2, 0.25) is 11.8 Å². The molecule has 1 aromatic heterocycles. The van der Waals surface area contributed by atoms with Gasteiger partial charge in [-0.15, -0.1) is 22.0 Å². The number of nitrogens with zero attached hydrogens (tertiary/aromatic N) is 3. The van der Waals surface area contributed by atoms with Crippen molar-refractivity contribution in [2.45, 2.75) is 28.6 Å². The third-order valence-electron chi connectivity index (χ3n) is 4.05. The first-order valence-corrected chi connectivity index (χ1v) is 11.5. The first-order chi connectivity index (χ1) is 15.0. The lowest BCUT2D eigenvalue weighted by Crippen LogP contribution is -2.70. The van der Waals surface area contributed by atoms with Gasteiger partial charge in [-0.2, -0.15) is 13.2 Å². The number of hydrogen-bond acceptors (Lipinski definition) is 10. The van der Waals surface area contributed by atoms with Crippen LogP contribution >= 0.6 is 35.3 Å². The van der Waals surface area contributed by atoms with E-state index in [0.717, 1.165) is 28.4 Å². The molecular formula is C15H13F3N4O7S3. The zero-order valence-corrected chi connectivity index (χ0v) is 18.1. The number of carboxylic acid groups (broad SMARTS) is 2. The average molecular weight is 514 g/mol. The molecule has 1 unspecified atom stereocenters. The molecule has 2 atom stereocenters. The normalized spacial score (nSPS) is 20.6. The summed E-state index contributed by atoms with van der Waals surface area (Å²) in [6.07, 6.45) is -0.467. The topological polar surface area (TPSA) is 163 Å². The standard InChI is InChI=1S/C15H13F3N4O7S3/c16-15(17,18)32-4-6(23)19-9-11(26)22-10(13(27)28)5(2-30-12(9)22)3-31-14-21-20-7(29-14)1-8(24)25/h9,12H,1-4H2,(H,19,23)(H,24,25)(H,27,28)/t9?,12-/m1/s1. The van der Waals surface area contributed by atoms with Crippen LogP contribution < -0.4 is 5.32 Å². The highest BCUT2D eigenvalue weighted by atomic mass is 32.2. The number of carbonyl (C=O) groups is 4. The Morgan fingerprint density at radius 1 is 1.28 bits per heavy atom. The maximum absolute atomic E-state index is 12.4. The van der Waals surface area contributed by atoms with Crippen LogP contribution in [0.15, 0.2) is 20.9 Å². The third-order valence-corrected chi connectivity index (χ3v) is 7.03. The lowest BCUT2D eigenvalue weighted by Gasteiger charge is -2.49. The molecule has 0 radical (unpaired) electrons. The Bertz CT molecular complexity index is 984. The number of fused-ring (bicyclic) bond motifs is 1. The largest absolute Gasteiger partial charge is 0.481 e. The molecule has 1 saturated heterocycles. The van der Waals surface area contributed by atoms with Gasteiger partial charge in [-0.1, -0.05) is 11.8 Å². The van der Waals surface area contributed by atoms with Gasteiger partial charge < -0.3 is 19.9 Å². The number of nitrogens with one attached hydrogen (secondary N) is 1. The second kappa shape index (κ2) is 9.62. The molecule has 2 amide bonds. The molecule has 0 aliphatic carbocycles. The zero-order chi connectivity index (χ0) is 23.6. The molecule has 174 valence electrons. The number of halogens is 3. The van der Waals surface area contributed by atoms with Crippen molar-refractivity contribution in [2.75, 3.05) is 17.3 Å². The summed E-state index contributed by atoms with van der Waals surface area (Å²) in [5, 5.41) is 27.0. The van der Waals surface area contributed by atoms with E-state index in [9.17, 15) is 37.5 Å². The number of carboxylic acids is 2. The molecule has 3 N–H and O–H groups in total. The van der Waals surface area contributed by atoms with Gasteiger partial charge in [0, 0.05) is 11.5 Å². The Morgan fingerprint density at radius 3 is 2.62 bits per heavy atom. The van der Waals surface area contributed by atoms with E-state index in [1.807, 2.05) is 0 Å². The van der Waals surface area contributed by atoms with Crippen LogP contribution in [0.5, 0.6) is 0 Å². The highest BCUT2D eigenvalue weighted by molar-refractivity contribution is 8.01. The second-order valence-corrected chi connectivity index (χ2v) is 9.34. The van der Waals surface area contributed by atoms with Gasteiger partial charge in [0.25, 0.3) is 11.1 Å². The van der Waals surface area contributed by atoms with Gasteiger partial charge in [0.1, 0.15) is 23.5 Å². The summed E-state index contributed by atoms with van der Waals surface area (Å²) in [7, 11) is 0. The lowest BCUT2D eigenvalue weighted by molar-refractivity contribution is -0.150. The van der Waals surface area contributed by atoms with Gasteiger partial charge in [0.15, 0.2) is 0 Å². The van der Waals surface area contributed by atoms with Crippen LogP contribution in [-0.4, -0.2) is 83.2 Å². The smallest absolute Gasteiger partial charge is 0.442 e. The quantitative estimate of drug-likeness (QED) is 0.314. The van der Waals surface area contributed by atoms with E-state index >= 15 is 0 Å². The maximum Gasteiger partial charge on any atom is 0.442 e. The van der Waals surface area contributed by atoms with Crippen molar-refractivity contribution in [3.8, 4) is 0 Å². The summed E-state index contributed by atoms with van der Waals surface area (Å²) >= 11 is 1.57. The fourth-order valence-electron chi connectivity index (χ4n) is 2.80. The fraction of sp³-hybridized carbons (Fsp3) is 0.467. The van der Waals surface area contributed by atoms with Gasteiger partial charge in [-0.25, -0.2) is 4.79 Å². The molecule has 2 aliphatic heterocycles. The van der Waals surface area contributed by atoms with Crippen molar-refractivity contribution in [2.24, 2.45) is 0 Å². The Kier molecular flexibility index (Phi) is 7.29. The molecular weight excluding hydrogens is 501 g/mol. The second-order valence-electron chi connectivity index (χ2n) is 6.27. The summed E-state index contributed by atoms with van der Waals surface area (Å²) in [4.78, 5) is 47.6. The van der Waals surface area contributed by atoms with Crippen LogP contribution in [0.4, 0.5) is 13.2 Å². The fourth-order valence-corrected chi connectivity index (χ4v) is 5.45. The van der Waals surface area contributed by atoms with Crippen LogP contribution in [0.1, 0.15) is 5.89 Å². The van der Waals surface area contributed by atoms with Crippen LogP contribution in [0.2, 0.25) is 0 Å². The molecule has 0 saturated carbocycles. The molecule has 3 heterocycles. The number of thioether (sulfide) groups is 3. The predicted octanol–water partition coefficient (Wildman–Crippen LogP) is 0.780. The van der Waals surface area contributed by atoms with Crippen LogP contribution in [0.3, 0.4) is 0 Å². The molecule has 0 aromatic carbocycles. The van der Waals surface area contributed by atoms with Crippen molar-refractivity contribution in [1.82, 2.24) is 20.4 Å². The molecule has 3 rings (SSSR count). The maximum atomic E-state index is 12.4. The van der Waals surface area contributed by atoms with Crippen molar-refractivity contribution in [3.63, 3.8) is 0 Å². The van der Waals surface area contributed by atoms with Crippen molar-refractivity contribution >= 4 is 59.0 Å². The Balaban J connectivity index is 1.64. The molecule has 17 heteroatoms. The minimum absolute atomic E-state index is 0.0212. The molecule has 1 fully saturated rings. The van der Waals surface area contributed by atoms with E-state index in [1.165, 1.54) is 0 Å². The first-order valence-electron chi connectivity index (χ1n) is 8.53. The monoisotopic (exact) mass is 514 g/mol. The van der Waals surface area contributed by atoms with E-state index in [1.54, 1.807) is 0 Å². The number of alkyl halides is 3. The van der Waals surface area contributed by atoms with E-state index in [0.29, 0.717) is 5.57 Å². The molecule has 0 bridgehead atoms. The minimum Gasteiger partial charge on any atom is -0.481 e. The summed E-state index contributed by atoms with van der Waals surface area (Å²) < 4.78 is 41.8. The lowest BCUT2D eigenvalue weighted by atomic mass is 10.0. The summed E-state index contributed by atoms with van der Waals surface area (Å²) in [5.74, 6) is -5.08. The average Bonchev–Trinajstić information content (AvgIpc) is 3.13. The first kappa shape index (κ1) is 24.2. The molecule has 2 aliphatic rings. The number of aliphatic carboxylic acids is 2. The van der Waals surface area contributed by atoms with Crippen LogP contribution in [0.25, 0.3) is 0 Å². The van der Waals surface area contributed by atoms with E-state index < -0.39 is 64.6 Å². The van der Waals surface area contributed by atoms with E-state index in [-0.39, 0.29) is 28.3 Å². The zero-order valence-electron chi connectivity index (χ0n) is 15.6. The molecule has 11 nitrogen and oxygen atoms in total. The molecule has 32 heavy (non-hydrogen) atoms. The number of rotatable bonds is 9. The number of aromatic nitrogens is 2. The SMILES string of the molecule is O=C(O)Cc1nnc(SCC2=C(C(=O)O)N3C(=O)C(NC(=O)CSC(F)(F)F)[C@H]3SC2)o1. The van der Waals surface area contributed by atoms with Crippen molar-refractivity contribution in [3.05, 3.63) is 17.2 Å².